The molecule has 2 heterocycles. The molecule has 0 bridgehead atoms. The van der Waals surface area contributed by atoms with Gasteiger partial charge >= 0.3 is 0 Å². The molecule has 6 aromatic rings. The van der Waals surface area contributed by atoms with Crippen LogP contribution in [-0.2, 0) is 0 Å². The van der Waals surface area contributed by atoms with Gasteiger partial charge in [-0.2, -0.15) is 0 Å². The van der Waals surface area contributed by atoms with Gasteiger partial charge in [-0.25, -0.2) is 0 Å². The maximum absolute atomic E-state index is 3.52. The molecule has 0 amide bonds. The highest BCUT2D eigenvalue weighted by Gasteiger charge is 2.09. The van der Waals surface area contributed by atoms with Crippen LogP contribution in [0, 0.1) is 0 Å². The van der Waals surface area contributed by atoms with Crippen molar-refractivity contribution in [2.24, 2.45) is 0 Å². The summed E-state index contributed by atoms with van der Waals surface area (Å²) in [4.78, 5) is 7.05. The predicted molar refractivity (Wildman–Crippen MR) is 129 cm³/mol. The molecule has 0 aliphatic rings. The summed E-state index contributed by atoms with van der Waals surface area (Å²) >= 11 is 0. The van der Waals surface area contributed by atoms with Crippen LogP contribution >= 0.6 is 18.5 Å². The Bertz CT molecular complexity index is 1420. The molecule has 2 aromatic heterocycles. The van der Waals surface area contributed by atoms with Gasteiger partial charge in [-0.05, 0) is 70.3 Å². The topological polar surface area (TPSA) is 31.6 Å². The molecule has 0 saturated heterocycles. The molecule has 4 aromatic carbocycles. The molecule has 0 aliphatic heterocycles. The highest BCUT2D eigenvalue weighted by Crippen LogP contribution is 2.33. The lowest BCUT2D eigenvalue weighted by molar-refractivity contribution is 1.54. The van der Waals surface area contributed by atoms with E-state index in [1.54, 1.807) is 0 Å². The Morgan fingerprint density at radius 1 is 0.429 bits per heavy atom. The molecule has 28 heavy (non-hydrogen) atoms. The van der Waals surface area contributed by atoms with Gasteiger partial charge in [-0.1, -0.05) is 24.3 Å². The third-order valence-electron chi connectivity index (χ3n) is 5.58. The first-order valence-electron chi connectivity index (χ1n) is 9.28. The van der Waals surface area contributed by atoms with Gasteiger partial charge in [0.05, 0.1) is 0 Å². The third-order valence-corrected chi connectivity index (χ3v) is 6.30. The minimum Gasteiger partial charge on any atom is -0.355 e. The van der Waals surface area contributed by atoms with E-state index in [9.17, 15) is 0 Å². The van der Waals surface area contributed by atoms with E-state index >= 15 is 0 Å². The minimum atomic E-state index is 1.18. The van der Waals surface area contributed by atoms with Crippen molar-refractivity contribution in [2.75, 3.05) is 0 Å². The van der Waals surface area contributed by atoms with Crippen LogP contribution in [-0.4, -0.2) is 9.97 Å². The fraction of sp³-hybridized carbons (Fsp3) is 0. The maximum Gasteiger partial charge on any atom is 0.0465 e. The van der Waals surface area contributed by atoms with Gasteiger partial charge in [0.1, 0.15) is 0 Å². The number of benzene rings is 4. The first-order chi connectivity index (χ1) is 13.7. The SMILES string of the molecule is Pc1ccc2[nH]c3ccc(-c4ccc5[nH]c6ccc(P)cc6c5c4)cc3c2c1. The van der Waals surface area contributed by atoms with Crippen LogP contribution in [0.2, 0.25) is 0 Å². The fourth-order valence-corrected chi connectivity index (χ4v) is 4.71. The van der Waals surface area contributed by atoms with E-state index in [0.717, 1.165) is 0 Å². The average Bonchev–Trinajstić information content (AvgIpc) is 3.24. The second-order valence-electron chi connectivity index (χ2n) is 7.38. The molecular weight excluding hydrogens is 378 g/mol. The highest BCUT2D eigenvalue weighted by molar-refractivity contribution is 7.27. The maximum atomic E-state index is 3.52. The lowest BCUT2D eigenvalue weighted by Crippen LogP contribution is -1.86. The van der Waals surface area contributed by atoms with Crippen LogP contribution in [0.15, 0.2) is 72.8 Å². The quantitative estimate of drug-likeness (QED) is 0.338. The van der Waals surface area contributed by atoms with Crippen molar-refractivity contribution in [2.45, 2.75) is 0 Å². The molecule has 2 atom stereocenters. The van der Waals surface area contributed by atoms with Crippen LogP contribution in [0.5, 0.6) is 0 Å². The van der Waals surface area contributed by atoms with Crippen molar-refractivity contribution < 1.29 is 0 Å². The van der Waals surface area contributed by atoms with Gasteiger partial charge in [0.2, 0.25) is 0 Å². The molecule has 0 aliphatic carbocycles. The molecule has 6 rings (SSSR count). The van der Waals surface area contributed by atoms with Crippen LogP contribution in [0.4, 0.5) is 0 Å². The summed E-state index contributed by atoms with van der Waals surface area (Å²) in [7, 11) is 5.58. The smallest absolute Gasteiger partial charge is 0.0465 e. The number of aromatic nitrogens is 2. The van der Waals surface area contributed by atoms with Gasteiger partial charge in [0, 0.05) is 43.6 Å². The number of rotatable bonds is 1. The predicted octanol–water partition coefficient (Wildman–Crippen LogP) is 5.62. The zero-order valence-corrected chi connectivity index (χ0v) is 17.4. The normalized spacial score (nSPS) is 11.9. The number of fused-ring (bicyclic) bond motifs is 6. The molecule has 2 unspecified atom stereocenters. The fourth-order valence-electron chi connectivity index (χ4n) is 4.19. The summed E-state index contributed by atoms with van der Waals surface area (Å²) in [6, 6.07) is 26.4. The van der Waals surface area contributed by atoms with Crippen molar-refractivity contribution in [1.82, 2.24) is 9.97 Å². The van der Waals surface area contributed by atoms with Crippen molar-refractivity contribution in [3.8, 4) is 11.1 Å². The van der Waals surface area contributed by atoms with Crippen molar-refractivity contribution >= 4 is 72.7 Å². The highest BCUT2D eigenvalue weighted by atomic mass is 31.0. The lowest BCUT2D eigenvalue weighted by Gasteiger charge is -2.04. The number of H-pyrrole nitrogens is 2. The molecule has 0 spiro atoms. The monoisotopic (exact) mass is 396 g/mol. The number of nitrogens with one attached hydrogen (secondary N) is 2. The summed E-state index contributed by atoms with van der Waals surface area (Å²) < 4.78 is 0. The molecule has 0 fully saturated rings. The lowest BCUT2D eigenvalue weighted by atomic mass is 10.0. The Morgan fingerprint density at radius 3 is 1.21 bits per heavy atom. The van der Waals surface area contributed by atoms with Crippen LogP contribution < -0.4 is 10.6 Å². The molecular formula is C24H18N2P2. The Morgan fingerprint density at radius 2 is 0.786 bits per heavy atom. The second-order valence-corrected chi connectivity index (χ2v) is 8.71. The van der Waals surface area contributed by atoms with Crippen LogP contribution in [0.1, 0.15) is 0 Å². The minimum absolute atomic E-state index is 1.18. The van der Waals surface area contributed by atoms with Gasteiger partial charge in [0.15, 0.2) is 0 Å². The summed E-state index contributed by atoms with van der Waals surface area (Å²) in [5.41, 5.74) is 7.18. The Hall–Kier alpha value is -2.66. The first-order valence-corrected chi connectivity index (χ1v) is 10.4. The van der Waals surface area contributed by atoms with E-state index in [1.807, 2.05) is 0 Å². The van der Waals surface area contributed by atoms with Gasteiger partial charge < -0.3 is 9.97 Å². The van der Waals surface area contributed by atoms with Crippen molar-refractivity contribution in [3.63, 3.8) is 0 Å². The zero-order valence-electron chi connectivity index (χ0n) is 15.1. The molecule has 134 valence electrons. The number of hydrogen-bond donors (Lipinski definition) is 2. The van der Waals surface area contributed by atoms with E-state index in [-0.39, 0.29) is 0 Å². The Kier molecular flexibility index (Phi) is 3.45. The van der Waals surface area contributed by atoms with E-state index in [2.05, 4.69) is 101 Å². The van der Waals surface area contributed by atoms with E-state index < -0.39 is 0 Å². The third kappa shape index (κ3) is 2.42. The largest absolute Gasteiger partial charge is 0.355 e. The van der Waals surface area contributed by atoms with Crippen LogP contribution in [0.25, 0.3) is 54.7 Å². The first kappa shape index (κ1) is 16.3. The number of aromatic amines is 2. The van der Waals surface area contributed by atoms with E-state index in [1.165, 1.54) is 65.3 Å². The summed E-state index contributed by atoms with van der Waals surface area (Å²) in [6.45, 7) is 0. The number of hydrogen-bond acceptors (Lipinski definition) is 0. The summed E-state index contributed by atoms with van der Waals surface area (Å²) in [5.74, 6) is 0. The van der Waals surface area contributed by atoms with E-state index in [0.29, 0.717) is 0 Å². The molecule has 4 heteroatoms. The van der Waals surface area contributed by atoms with Crippen molar-refractivity contribution in [3.05, 3.63) is 72.8 Å². The summed E-state index contributed by atoms with van der Waals surface area (Å²) in [5, 5.41) is 7.47. The Labute approximate surface area is 166 Å². The van der Waals surface area contributed by atoms with Gasteiger partial charge in [-0.3, -0.25) is 0 Å². The standard InChI is InChI=1S/C24H18N2P2/c27-15-3-7-23-19(11-15)17-9-13(1-5-21(17)25-23)14-2-6-22-18(10-14)20-12-16(28)4-8-24(20)26-22/h1-12,25-26H,27-28H2. The second kappa shape index (κ2) is 5.92. The van der Waals surface area contributed by atoms with Crippen LogP contribution in [0.3, 0.4) is 0 Å². The molecule has 0 saturated carbocycles. The summed E-state index contributed by atoms with van der Waals surface area (Å²) in [6.07, 6.45) is 0. The van der Waals surface area contributed by atoms with Gasteiger partial charge in [-0.15, -0.1) is 18.5 Å². The Balaban J connectivity index is 1.60. The molecule has 0 radical (unpaired) electrons. The molecule has 2 nitrogen and oxygen atoms in total. The van der Waals surface area contributed by atoms with Gasteiger partial charge in [0.25, 0.3) is 0 Å². The van der Waals surface area contributed by atoms with E-state index in [4.69, 9.17) is 0 Å². The molecule has 2 N–H and O–H groups in total. The zero-order chi connectivity index (χ0) is 18.8. The van der Waals surface area contributed by atoms with Crippen molar-refractivity contribution in [1.29, 1.82) is 0 Å². The average molecular weight is 396 g/mol.